The molecule has 0 aliphatic heterocycles. The Labute approximate surface area is 170 Å². The number of benzene rings is 2. The van der Waals surface area contributed by atoms with Crippen molar-refractivity contribution in [3.05, 3.63) is 48.0 Å². The van der Waals surface area contributed by atoms with Crippen LogP contribution in [0.4, 0.5) is 19.0 Å². The van der Waals surface area contributed by atoms with Crippen LogP contribution in [0.15, 0.2) is 47.4 Å². The van der Waals surface area contributed by atoms with E-state index in [2.05, 4.69) is 15.3 Å². The van der Waals surface area contributed by atoms with Crippen molar-refractivity contribution in [1.29, 1.82) is 0 Å². The van der Waals surface area contributed by atoms with Gasteiger partial charge in [0.2, 0.25) is 0 Å². The maximum atomic E-state index is 13.1. The van der Waals surface area contributed by atoms with Crippen LogP contribution in [0, 0.1) is 0 Å². The lowest BCUT2D eigenvalue weighted by atomic mass is 10.1. The Morgan fingerprint density at radius 3 is 2.31 bits per heavy atom. The lowest BCUT2D eigenvalue weighted by Gasteiger charge is -2.12. The second-order valence-electron chi connectivity index (χ2n) is 6.27. The highest BCUT2D eigenvalue weighted by Crippen LogP contribution is 2.33. The second-order valence-corrected chi connectivity index (χ2v) is 9.45. The van der Waals surface area contributed by atoms with Gasteiger partial charge in [0.05, 0.1) is 16.0 Å². The summed E-state index contributed by atoms with van der Waals surface area (Å²) in [6.07, 6.45) is -4.49. The average molecular weight is 444 g/mol. The zero-order valence-electron chi connectivity index (χ0n) is 15.5. The van der Waals surface area contributed by atoms with Gasteiger partial charge in [0, 0.05) is 17.5 Å². The monoisotopic (exact) mass is 443 g/mol. The van der Waals surface area contributed by atoms with Gasteiger partial charge in [-0.3, -0.25) is 0 Å². The number of fused-ring (bicyclic) bond motifs is 1. The molecule has 154 valence electrons. The largest absolute Gasteiger partial charge is 0.416 e. The van der Waals surface area contributed by atoms with Crippen molar-refractivity contribution in [2.45, 2.75) is 29.6 Å². The first-order chi connectivity index (χ1) is 13.5. The SMILES string of the molecule is CCNc1nc(-c2ccc(S(=O)(=O)C(C)Cl)cc2)nc2cc(C(F)(F)F)ccc12. The van der Waals surface area contributed by atoms with Crippen LogP contribution in [0.2, 0.25) is 0 Å². The normalized spacial score (nSPS) is 13.4. The van der Waals surface area contributed by atoms with E-state index in [1.54, 1.807) is 0 Å². The molecule has 3 aromatic rings. The molecule has 0 saturated heterocycles. The third kappa shape index (κ3) is 4.30. The third-order valence-corrected chi connectivity index (χ3v) is 6.73. The highest BCUT2D eigenvalue weighted by molar-refractivity contribution is 7.93. The molecule has 1 aromatic heterocycles. The molecule has 1 unspecified atom stereocenters. The van der Waals surface area contributed by atoms with Crippen molar-refractivity contribution in [1.82, 2.24) is 9.97 Å². The number of halogens is 4. The molecule has 3 rings (SSSR count). The predicted octanol–water partition coefficient (Wildman–Crippen LogP) is 5.11. The molecule has 0 spiro atoms. The first kappa shape index (κ1) is 21.3. The lowest BCUT2D eigenvalue weighted by molar-refractivity contribution is -0.137. The zero-order chi connectivity index (χ0) is 21.4. The number of aromatic nitrogens is 2. The molecule has 1 N–H and O–H groups in total. The van der Waals surface area contributed by atoms with E-state index in [0.29, 0.717) is 23.3 Å². The van der Waals surface area contributed by atoms with Crippen molar-refractivity contribution in [3.8, 4) is 11.4 Å². The fraction of sp³-hybridized carbons (Fsp3) is 0.263. The maximum absolute atomic E-state index is 13.1. The molecule has 5 nitrogen and oxygen atoms in total. The van der Waals surface area contributed by atoms with Crippen molar-refractivity contribution < 1.29 is 21.6 Å². The van der Waals surface area contributed by atoms with E-state index in [1.165, 1.54) is 37.3 Å². The Morgan fingerprint density at radius 2 is 1.76 bits per heavy atom. The molecule has 1 atom stereocenters. The summed E-state index contributed by atoms with van der Waals surface area (Å²) in [5.41, 5.74) is -0.217. The summed E-state index contributed by atoms with van der Waals surface area (Å²) in [5.74, 6) is 0.572. The predicted molar refractivity (Wildman–Crippen MR) is 107 cm³/mol. The molecule has 0 bridgehead atoms. The van der Waals surface area contributed by atoms with Crippen LogP contribution >= 0.6 is 11.6 Å². The van der Waals surface area contributed by atoms with Crippen LogP contribution in [-0.4, -0.2) is 29.6 Å². The fourth-order valence-corrected chi connectivity index (χ4v) is 3.92. The summed E-state index contributed by atoms with van der Waals surface area (Å²) < 4.78 is 62.4. The molecule has 0 amide bonds. The number of anilines is 1. The van der Waals surface area contributed by atoms with Crippen molar-refractivity contribution >= 4 is 38.2 Å². The molecular formula is C19H17ClF3N3O2S. The number of hydrogen-bond donors (Lipinski definition) is 1. The van der Waals surface area contributed by atoms with Crippen molar-refractivity contribution in [2.75, 3.05) is 11.9 Å². The van der Waals surface area contributed by atoms with E-state index in [-0.39, 0.29) is 16.2 Å². The summed E-state index contributed by atoms with van der Waals surface area (Å²) >= 11 is 5.72. The van der Waals surface area contributed by atoms with Gasteiger partial charge < -0.3 is 5.32 Å². The van der Waals surface area contributed by atoms with Gasteiger partial charge in [0.25, 0.3) is 0 Å². The van der Waals surface area contributed by atoms with Crippen molar-refractivity contribution in [2.24, 2.45) is 0 Å². The number of alkyl halides is 4. The number of rotatable bonds is 5. The summed E-state index contributed by atoms with van der Waals surface area (Å²) in [6, 6.07) is 9.02. The van der Waals surface area contributed by atoms with Gasteiger partial charge in [-0.2, -0.15) is 13.2 Å². The molecule has 2 aromatic carbocycles. The van der Waals surface area contributed by atoms with E-state index in [9.17, 15) is 21.6 Å². The molecule has 0 aliphatic carbocycles. The Balaban J connectivity index is 2.13. The second kappa shape index (κ2) is 7.79. The highest BCUT2D eigenvalue weighted by Gasteiger charge is 2.31. The van der Waals surface area contributed by atoms with Crippen LogP contribution in [0.1, 0.15) is 19.4 Å². The van der Waals surface area contributed by atoms with E-state index >= 15 is 0 Å². The average Bonchev–Trinajstić information content (AvgIpc) is 2.67. The number of hydrogen-bond acceptors (Lipinski definition) is 5. The van der Waals surface area contributed by atoms with Crippen LogP contribution in [0.25, 0.3) is 22.3 Å². The minimum atomic E-state index is -4.49. The molecule has 29 heavy (non-hydrogen) atoms. The van der Waals surface area contributed by atoms with E-state index in [4.69, 9.17) is 11.6 Å². The van der Waals surface area contributed by atoms with Crippen LogP contribution < -0.4 is 5.32 Å². The number of nitrogens with one attached hydrogen (secondary N) is 1. The zero-order valence-corrected chi connectivity index (χ0v) is 17.0. The minimum Gasteiger partial charge on any atom is -0.370 e. The lowest BCUT2D eigenvalue weighted by Crippen LogP contribution is -2.11. The van der Waals surface area contributed by atoms with Gasteiger partial charge in [-0.1, -0.05) is 0 Å². The maximum Gasteiger partial charge on any atom is 0.416 e. The topological polar surface area (TPSA) is 72.0 Å². The number of sulfone groups is 1. The Hall–Kier alpha value is -2.39. The fourth-order valence-electron chi connectivity index (χ4n) is 2.72. The van der Waals surface area contributed by atoms with E-state index in [1.807, 2.05) is 6.92 Å². The molecule has 1 heterocycles. The Kier molecular flexibility index (Phi) is 5.73. The summed E-state index contributed by atoms with van der Waals surface area (Å²) in [5, 5.41) is 3.48. The Bertz CT molecular complexity index is 1150. The van der Waals surface area contributed by atoms with Gasteiger partial charge in [-0.25, -0.2) is 18.4 Å². The number of nitrogens with zero attached hydrogens (tertiary/aromatic N) is 2. The summed E-state index contributed by atoms with van der Waals surface area (Å²) in [7, 11) is -3.66. The quantitative estimate of drug-likeness (QED) is 0.555. The van der Waals surface area contributed by atoms with Gasteiger partial charge in [-0.05, 0) is 56.3 Å². The molecular weight excluding hydrogens is 427 g/mol. The highest BCUT2D eigenvalue weighted by atomic mass is 35.5. The van der Waals surface area contributed by atoms with Crippen LogP contribution in [0.3, 0.4) is 0 Å². The van der Waals surface area contributed by atoms with E-state index in [0.717, 1.165) is 12.1 Å². The smallest absolute Gasteiger partial charge is 0.370 e. The summed E-state index contributed by atoms with van der Waals surface area (Å²) in [6.45, 7) is 3.71. The summed E-state index contributed by atoms with van der Waals surface area (Å²) in [4.78, 5) is 8.70. The van der Waals surface area contributed by atoms with Crippen LogP contribution in [-0.2, 0) is 16.0 Å². The standard InChI is InChI=1S/C19H17ClF3N3O2S/c1-3-24-18-15-9-6-13(19(21,22)23)10-16(15)25-17(26-18)12-4-7-14(8-5-12)29(27,28)11(2)20/h4-11H,3H2,1-2H3,(H,24,25,26). The first-order valence-corrected chi connectivity index (χ1v) is 10.6. The van der Waals surface area contributed by atoms with Crippen molar-refractivity contribution in [3.63, 3.8) is 0 Å². The van der Waals surface area contributed by atoms with Crippen LogP contribution in [0.5, 0.6) is 0 Å². The molecule has 0 radical (unpaired) electrons. The molecule has 0 saturated carbocycles. The van der Waals surface area contributed by atoms with Gasteiger partial charge in [0.15, 0.2) is 15.7 Å². The van der Waals surface area contributed by atoms with Gasteiger partial charge in [-0.15, -0.1) is 11.6 Å². The van der Waals surface area contributed by atoms with Gasteiger partial charge >= 0.3 is 6.18 Å². The molecule has 0 aliphatic rings. The minimum absolute atomic E-state index is 0.0378. The molecule has 10 heteroatoms. The van der Waals surface area contributed by atoms with Gasteiger partial charge in [0.1, 0.15) is 10.5 Å². The van der Waals surface area contributed by atoms with E-state index < -0.39 is 26.3 Å². The Morgan fingerprint density at radius 1 is 1.10 bits per heavy atom. The first-order valence-electron chi connectivity index (χ1n) is 8.65. The molecule has 0 fully saturated rings. The third-order valence-electron chi connectivity index (χ3n) is 4.24.